The van der Waals surface area contributed by atoms with Gasteiger partial charge < -0.3 is 14.7 Å². The van der Waals surface area contributed by atoms with Gasteiger partial charge in [0.1, 0.15) is 0 Å². The maximum Gasteiger partial charge on any atom is 0.303 e. The zero-order valence-corrected chi connectivity index (χ0v) is 9.86. The van der Waals surface area contributed by atoms with Gasteiger partial charge in [0.25, 0.3) is 0 Å². The largest absolute Gasteiger partial charge is 0.481 e. The van der Waals surface area contributed by atoms with E-state index in [4.69, 9.17) is 9.84 Å². The highest BCUT2D eigenvalue weighted by atomic mass is 16.5. The van der Waals surface area contributed by atoms with Crippen molar-refractivity contribution in [1.29, 1.82) is 0 Å². The number of amides is 1. The standard InChI is InChI=1S/C11H19NO4/c1-9(13)12-7-3-5-11(8-12,16-2)6-4-10(14)15/h3-8H2,1-2H3,(H,14,15)/t11-/m1/s1. The van der Waals surface area contributed by atoms with Crippen LogP contribution >= 0.6 is 0 Å². The fourth-order valence-electron chi connectivity index (χ4n) is 2.17. The van der Waals surface area contributed by atoms with E-state index in [1.807, 2.05) is 0 Å². The van der Waals surface area contributed by atoms with Gasteiger partial charge in [0, 0.05) is 33.5 Å². The molecular weight excluding hydrogens is 210 g/mol. The molecule has 16 heavy (non-hydrogen) atoms. The molecule has 0 aromatic heterocycles. The lowest BCUT2D eigenvalue weighted by atomic mass is 9.88. The summed E-state index contributed by atoms with van der Waals surface area (Å²) in [6, 6.07) is 0. The number of carboxylic acid groups (broad SMARTS) is 1. The third-order valence-electron chi connectivity index (χ3n) is 3.21. The first-order valence-corrected chi connectivity index (χ1v) is 5.51. The number of ether oxygens (including phenoxy) is 1. The highest BCUT2D eigenvalue weighted by Gasteiger charge is 2.36. The third kappa shape index (κ3) is 3.20. The van der Waals surface area contributed by atoms with E-state index in [0.717, 1.165) is 19.4 Å². The minimum Gasteiger partial charge on any atom is -0.481 e. The van der Waals surface area contributed by atoms with Crippen LogP contribution in [0.5, 0.6) is 0 Å². The number of aliphatic carboxylic acids is 1. The molecule has 0 aromatic rings. The van der Waals surface area contributed by atoms with E-state index in [2.05, 4.69) is 0 Å². The van der Waals surface area contributed by atoms with Crippen LogP contribution in [0.3, 0.4) is 0 Å². The molecule has 0 saturated carbocycles. The van der Waals surface area contributed by atoms with E-state index in [1.54, 1.807) is 12.0 Å². The number of carboxylic acids is 1. The van der Waals surface area contributed by atoms with Crippen LogP contribution in [0.4, 0.5) is 0 Å². The molecule has 1 aliphatic heterocycles. The zero-order valence-electron chi connectivity index (χ0n) is 9.86. The summed E-state index contributed by atoms with van der Waals surface area (Å²) in [7, 11) is 1.59. The summed E-state index contributed by atoms with van der Waals surface area (Å²) in [5.74, 6) is -0.798. The van der Waals surface area contributed by atoms with Crippen LogP contribution in [0.15, 0.2) is 0 Å². The first kappa shape index (κ1) is 13.0. The minimum absolute atomic E-state index is 0.0245. The Morgan fingerprint density at radius 1 is 1.50 bits per heavy atom. The topological polar surface area (TPSA) is 66.8 Å². The van der Waals surface area contributed by atoms with E-state index >= 15 is 0 Å². The summed E-state index contributed by atoms with van der Waals surface area (Å²) >= 11 is 0. The second-order valence-electron chi connectivity index (χ2n) is 4.33. The molecule has 1 aliphatic rings. The highest BCUT2D eigenvalue weighted by molar-refractivity contribution is 5.73. The number of methoxy groups -OCH3 is 1. The lowest BCUT2D eigenvalue weighted by Crippen LogP contribution is -2.51. The fraction of sp³-hybridized carbons (Fsp3) is 0.818. The summed E-state index contributed by atoms with van der Waals surface area (Å²) in [6.45, 7) is 2.78. The van der Waals surface area contributed by atoms with Gasteiger partial charge in [0.05, 0.1) is 5.60 Å². The van der Waals surface area contributed by atoms with Crippen molar-refractivity contribution in [2.24, 2.45) is 0 Å². The Morgan fingerprint density at radius 3 is 2.69 bits per heavy atom. The number of likely N-dealkylation sites (tertiary alicyclic amines) is 1. The quantitative estimate of drug-likeness (QED) is 0.777. The lowest BCUT2D eigenvalue weighted by Gasteiger charge is -2.41. The molecule has 5 heteroatoms. The molecule has 0 aromatic carbocycles. The normalized spacial score (nSPS) is 25.5. The molecule has 0 aliphatic carbocycles. The SMILES string of the molecule is CO[C@@]1(CCC(=O)O)CCCN(C(C)=O)C1. The smallest absolute Gasteiger partial charge is 0.303 e. The number of hydrogen-bond acceptors (Lipinski definition) is 3. The first-order chi connectivity index (χ1) is 7.49. The van der Waals surface area contributed by atoms with Gasteiger partial charge in [-0.1, -0.05) is 0 Å². The van der Waals surface area contributed by atoms with Crippen molar-refractivity contribution in [3.63, 3.8) is 0 Å². The third-order valence-corrected chi connectivity index (χ3v) is 3.21. The number of piperidine rings is 1. The fourth-order valence-corrected chi connectivity index (χ4v) is 2.17. The number of carbonyl (C=O) groups excluding carboxylic acids is 1. The molecule has 1 amide bonds. The molecule has 0 radical (unpaired) electrons. The summed E-state index contributed by atoms with van der Waals surface area (Å²) in [5.41, 5.74) is -0.470. The van der Waals surface area contributed by atoms with Gasteiger partial charge in [-0.05, 0) is 19.3 Å². The number of nitrogens with zero attached hydrogens (tertiary/aromatic N) is 1. The molecule has 1 saturated heterocycles. The molecule has 1 atom stereocenters. The molecule has 1 rings (SSSR count). The second kappa shape index (κ2) is 5.30. The van der Waals surface area contributed by atoms with Gasteiger partial charge in [0.15, 0.2) is 0 Å². The van der Waals surface area contributed by atoms with Crippen LogP contribution in [0, 0.1) is 0 Å². The van der Waals surface area contributed by atoms with Crippen molar-refractivity contribution in [1.82, 2.24) is 4.90 Å². The van der Waals surface area contributed by atoms with Crippen molar-refractivity contribution in [2.75, 3.05) is 20.2 Å². The van der Waals surface area contributed by atoms with Crippen molar-refractivity contribution in [3.05, 3.63) is 0 Å². The molecule has 5 nitrogen and oxygen atoms in total. The maximum absolute atomic E-state index is 11.3. The first-order valence-electron chi connectivity index (χ1n) is 5.51. The predicted octanol–water partition coefficient (Wildman–Crippen LogP) is 0.879. The highest BCUT2D eigenvalue weighted by Crippen LogP contribution is 2.29. The molecule has 0 bridgehead atoms. The summed E-state index contributed by atoms with van der Waals surface area (Å²) in [6.07, 6.45) is 2.23. The van der Waals surface area contributed by atoms with Crippen LogP contribution in [0.2, 0.25) is 0 Å². The predicted molar refractivity (Wildman–Crippen MR) is 58.1 cm³/mol. The van der Waals surface area contributed by atoms with Crippen molar-refractivity contribution in [3.8, 4) is 0 Å². The van der Waals surface area contributed by atoms with E-state index in [0.29, 0.717) is 13.0 Å². The second-order valence-corrected chi connectivity index (χ2v) is 4.33. The van der Waals surface area contributed by atoms with Gasteiger partial charge in [-0.25, -0.2) is 0 Å². The Labute approximate surface area is 95.4 Å². The maximum atomic E-state index is 11.3. The molecule has 1 fully saturated rings. The molecule has 1 heterocycles. The molecule has 0 spiro atoms. The monoisotopic (exact) mass is 229 g/mol. The molecule has 1 N–H and O–H groups in total. The molecule has 0 unspecified atom stereocenters. The summed E-state index contributed by atoms with van der Waals surface area (Å²) in [4.78, 5) is 23.6. The number of hydrogen-bond donors (Lipinski definition) is 1. The average Bonchev–Trinajstić information content (AvgIpc) is 2.26. The lowest BCUT2D eigenvalue weighted by molar-refractivity contribution is -0.143. The Balaban J connectivity index is 2.63. The number of carbonyl (C=O) groups is 2. The zero-order chi connectivity index (χ0) is 12.2. The van der Waals surface area contributed by atoms with Crippen molar-refractivity contribution >= 4 is 11.9 Å². The van der Waals surface area contributed by atoms with Gasteiger partial charge in [-0.15, -0.1) is 0 Å². The van der Waals surface area contributed by atoms with Gasteiger partial charge in [0.2, 0.25) is 5.91 Å². The molecular formula is C11H19NO4. The van der Waals surface area contributed by atoms with Gasteiger partial charge in [-0.3, -0.25) is 9.59 Å². The van der Waals surface area contributed by atoms with Gasteiger partial charge in [-0.2, -0.15) is 0 Å². The molecule has 92 valence electrons. The Bertz CT molecular complexity index is 279. The minimum atomic E-state index is -0.823. The van der Waals surface area contributed by atoms with E-state index in [-0.39, 0.29) is 12.3 Å². The summed E-state index contributed by atoms with van der Waals surface area (Å²) < 4.78 is 5.45. The van der Waals surface area contributed by atoms with Crippen LogP contribution in [-0.4, -0.2) is 47.7 Å². The van der Waals surface area contributed by atoms with E-state index in [9.17, 15) is 9.59 Å². The Hall–Kier alpha value is -1.10. The van der Waals surface area contributed by atoms with E-state index in [1.165, 1.54) is 6.92 Å². The Morgan fingerprint density at radius 2 is 2.19 bits per heavy atom. The van der Waals surface area contributed by atoms with Crippen LogP contribution < -0.4 is 0 Å². The van der Waals surface area contributed by atoms with Crippen molar-refractivity contribution < 1.29 is 19.4 Å². The number of rotatable bonds is 4. The van der Waals surface area contributed by atoms with Crippen molar-refractivity contribution in [2.45, 2.75) is 38.2 Å². The van der Waals surface area contributed by atoms with Gasteiger partial charge >= 0.3 is 5.97 Å². The van der Waals surface area contributed by atoms with Crippen LogP contribution in [0.1, 0.15) is 32.6 Å². The van der Waals surface area contributed by atoms with E-state index < -0.39 is 11.6 Å². The van der Waals surface area contributed by atoms with Crippen LogP contribution in [0.25, 0.3) is 0 Å². The average molecular weight is 229 g/mol. The Kier molecular flexibility index (Phi) is 4.29. The summed E-state index contributed by atoms with van der Waals surface area (Å²) in [5, 5.41) is 8.69. The van der Waals surface area contributed by atoms with Crippen LogP contribution in [-0.2, 0) is 14.3 Å².